The van der Waals surface area contributed by atoms with Gasteiger partial charge in [-0.3, -0.25) is 13.9 Å². The average Bonchev–Trinajstić information content (AvgIpc) is 2.89. The number of rotatable bonds is 11. The van der Waals surface area contributed by atoms with E-state index in [0.29, 0.717) is 10.6 Å². The summed E-state index contributed by atoms with van der Waals surface area (Å²) in [5, 5.41) is 3.55. The van der Waals surface area contributed by atoms with Gasteiger partial charge in [0.15, 0.2) is 0 Å². The number of methoxy groups -OCH3 is 1. The molecule has 0 aliphatic heterocycles. The first kappa shape index (κ1) is 31.3. The summed E-state index contributed by atoms with van der Waals surface area (Å²) in [5.74, 6) is -0.775. The normalized spacial score (nSPS) is 12.1. The van der Waals surface area contributed by atoms with Gasteiger partial charge in [-0.2, -0.15) is 0 Å². The number of ether oxygens (including phenoxy) is 1. The summed E-state index contributed by atoms with van der Waals surface area (Å²) >= 11 is 12.4. The van der Waals surface area contributed by atoms with Crippen molar-refractivity contribution in [2.45, 2.75) is 51.2 Å². The fourth-order valence-electron chi connectivity index (χ4n) is 4.03. The van der Waals surface area contributed by atoms with E-state index < -0.39 is 28.5 Å². The predicted octanol–water partition coefficient (Wildman–Crippen LogP) is 5.45. The van der Waals surface area contributed by atoms with Crippen LogP contribution in [-0.2, 0) is 26.2 Å². The third-order valence-corrected chi connectivity index (χ3v) is 8.38. The van der Waals surface area contributed by atoms with E-state index in [0.717, 1.165) is 9.87 Å². The fourth-order valence-corrected chi connectivity index (χ4v) is 5.82. The maximum absolute atomic E-state index is 14.0. The first-order chi connectivity index (χ1) is 18.8. The van der Waals surface area contributed by atoms with Crippen molar-refractivity contribution in [2.24, 2.45) is 0 Å². The van der Waals surface area contributed by atoms with Crippen molar-refractivity contribution < 1.29 is 22.7 Å². The van der Waals surface area contributed by atoms with Gasteiger partial charge in [-0.25, -0.2) is 8.42 Å². The van der Waals surface area contributed by atoms with Crippen molar-refractivity contribution in [3.8, 4) is 5.75 Å². The molecule has 214 valence electrons. The Balaban J connectivity index is 2.11. The van der Waals surface area contributed by atoms with Gasteiger partial charge < -0.3 is 15.0 Å². The number of halogens is 2. The van der Waals surface area contributed by atoms with Crippen LogP contribution in [0.4, 0.5) is 5.69 Å². The number of anilines is 1. The molecule has 8 nitrogen and oxygen atoms in total. The van der Waals surface area contributed by atoms with Gasteiger partial charge in [-0.15, -0.1) is 0 Å². The molecule has 0 spiro atoms. The summed E-state index contributed by atoms with van der Waals surface area (Å²) in [6.07, 6.45) is 0. The van der Waals surface area contributed by atoms with Crippen molar-refractivity contribution in [2.75, 3.05) is 18.0 Å². The number of carbonyl (C=O) groups excluding carboxylic acids is 2. The van der Waals surface area contributed by atoms with E-state index in [-0.39, 0.29) is 39.8 Å². The second-order valence-corrected chi connectivity index (χ2v) is 12.4. The van der Waals surface area contributed by atoms with Crippen molar-refractivity contribution in [3.63, 3.8) is 0 Å². The van der Waals surface area contributed by atoms with Crippen LogP contribution in [0.5, 0.6) is 5.75 Å². The molecule has 0 fully saturated rings. The quantitative estimate of drug-likeness (QED) is 0.313. The van der Waals surface area contributed by atoms with E-state index in [1.54, 1.807) is 49.4 Å². The number of sulfonamides is 1. The predicted molar refractivity (Wildman–Crippen MR) is 158 cm³/mol. The van der Waals surface area contributed by atoms with Gasteiger partial charge >= 0.3 is 0 Å². The standard InChI is InChI=1S/C29H33Cl2N3O5S/c1-19(2)32-29(36)21(4)33(17-22-7-6-8-23(30)15-22)28(35)18-34(26-16-24(31)11-14-27(26)39-5)40(37,38)25-12-9-20(3)10-13-25/h6-16,19,21H,17-18H2,1-5H3,(H,32,36)/t21-/m1/s1. The van der Waals surface area contributed by atoms with Gasteiger partial charge in [0.25, 0.3) is 10.0 Å². The number of nitrogens with zero attached hydrogens (tertiary/aromatic N) is 2. The van der Waals surface area contributed by atoms with Crippen molar-refractivity contribution in [1.29, 1.82) is 0 Å². The second-order valence-electron chi connectivity index (χ2n) is 9.63. The van der Waals surface area contributed by atoms with E-state index in [1.807, 2.05) is 20.8 Å². The van der Waals surface area contributed by atoms with Crippen molar-refractivity contribution >= 4 is 50.7 Å². The van der Waals surface area contributed by atoms with Gasteiger partial charge in [-0.1, -0.05) is 53.0 Å². The first-order valence-electron chi connectivity index (χ1n) is 12.6. The Morgan fingerprint density at radius 2 is 1.60 bits per heavy atom. The molecule has 0 heterocycles. The van der Waals surface area contributed by atoms with Crippen LogP contribution in [-0.4, -0.2) is 50.9 Å². The Morgan fingerprint density at radius 3 is 2.20 bits per heavy atom. The molecule has 0 saturated carbocycles. The topological polar surface area (TPSA) is 96.0 Å². The number of hydrogen-bond acceptors (Lipinski definition) is 5. The van der Waals surface area contributed by atoms with Crippen molar-refractivity contribution in [3.05, 3.63) is 87.9 Å². The number of carbonyl (C=O) groups is 2. The third-order valence-electron chi connectivity index (χ3n) is 6.14. The van der Waals surface area contributed by atoms with E-state index in [4.69, 9.17) is 27.9 Å². The van der Waals surface area contributed by atoms with Crippen molar-refractivity contribution in [1.82, 2.24) is 10.2 Å². The summed E-state index contributed by atoms with van der Waals surface area (Å²) in [5.41, 5.74) is 1.64. The number of aryl methyl sites for hydroxylation is 1. The lowest BCUT2D eigenvalue weighted by atomic mass is 10.1. The smallest absolute Gasteiger partial charge is 0.264 e. The summed E-state index contributed by atoms with van der Waals surface area (Å²) in [6, 6.07) is 16.6. The molecule has 0 saturated heterocycles. The molecule has 3 rings (SSSR count). The number of nitrogens with one attached hydrogen (secondary N) is 1. The van der Waals surface area contributed by atoms with Gasteiger partial charge in [0.2, 0.25) is 11.8 Å². The largest absolute Gasteiger partial charge is 0.495 e. The minimum Gasteiger partial charge on any atom is -0.495 e. The summed E-state index contributed by atoms with van der Waals surface area (Å²) < 4.78 is 34.4. The first-order valence-corrected chi connectivity index (χ1v) is 14.8. The number of hydrogen-bond donors (Lipinski definition) is 1. The Hall–Kier alpha value is -3.27. The summed E-state index contributed by atoms with van der Waals surface area (Å²) in [4.78, 5) is 28.3. The summed E-state index contributed by atoms with van der Waals surface area (Å²) in [6.45, 7) is 6.47. The molecule has 2 amide bonds. The number of benzene rings is 3. The maximum atomic E-state index is 14.0. The molecule has 0 unspecified atom stereocenters. The Labute approximate surface area is 245 Å². The zero-order valence-electron chi connectivity index (χ0n) is 23.0. The minimum atomic E-state index is -4.27. The maximum Gasteiger partial charge on any atom is 0.264 e. The van der Waals surface area contributed by atoms with Crippen LogP contribution in [0.1, 0.15) is 31.9 Å². The highest BCUT2D eigenvalue weighted by molar-refractivity contribution is 7.92. The molecule has 3 aromatic carbocycles. The van der Waals surface area contributed by atoms with Gasteiger partial charge in [0.05, 0.1) is 17.7 Å². The molecule has 11 heteroatoms. The second kappa shape index (κ2) is 13.4. The molecule has 0 aliphatic rings. The zero-order chi connectivity index (χ0) is 29.6. The van der Waals surface area contributed by atoms with Crippen LogP contribution >= 0.6 is 23.2 Å². The van der Waals surface area contributed by atoms with Crippen LogP contribution in [0.25, 0.3) is 0 Å². The van der Waals surface area contributed by atoms with Crippen LogP contribution in [0.2, 0.25) is 10.0 Å². The Bertz CT molecular complexity index is 1460. The highest BCUT2D eigenvalue weighted by Gasteiger charge is 2.34. The van der Waals surface area contributed by atoms with Crippen LogP contribution in [0, 0.1) is 6.92 Å². The Morgan fingerprint density at radius 1 is 0.950 bits per heavy atom. The molecule has 1 atom stereocenters. The minimum absolute atomic E-state index is 0.0140. The lowest BCUT2D eigenvalue weighted by molar-refractivity contribution is -0.139. The number of amides is 2. The molecule has 0 radical (unpaired) electrons. The third kappa shape index (κ3) is 7.68. The van der Waals surface area contributed by atoms with E-state index in [9.17, 15) is 18.0 Å². The highest BCUT2D eigenvalue weighted by Crippen LogP contribution is 2.35. The van der Waals surface area contributed by atoms with Crippen LogP contribution in [0.3, 0.4) is 0 Å². The van der Waals surface area contributed by atoms with E-state index in [2.05, 4.69) is 5.32 Å². The van der Waals surface area contributed by atoms with E-state index in [1.165, 1.54) is 36.3 Å². The molecule has 0 aromatic heterocycles. The lowest BCUT2D eigenvalue weighted by Gasteiger charge is -2.32. The van der Waals surface area contributed by atoms with Gasteiger partial charge in [0.1, 0.15) is 18.3 Å². The molecule has 3 aromatic rings. The van der Waals surface area contributed by atoms with Gasteiger partial charge in [0, 0.05) is 22.6 Å². The molecular formula is C29H33Cl2N3O5S. The van der Waals surface area contributed by atoms with Gasteiger partial charge in [-0.05, 0) is 75.7 Å². The summed E-state index contributed by atoms with van der Waals surface area (Å²) in [7, 11) is -2.87. The monoisotopic (exact) mass is 605 g/mol. The SMILES string of the molecule is COc1ccc(Cl)cc1N(CC(=O)N(Cc1cccc(Cl)c1)[C@H](C)C(=O)NC(C)C)S(=O)(=O)c1ccc(C)cc1. The highest BCUT2D eigenvalue weighted by atomic mass is 35.5. The van der Waals surface area contributed by atoms with Crippen LogP contribution in [0.15, 0.2) is 71.6 Å². The Kier molecular flexibility index (Phi) is 10.5. The van der Waals surface area contributed by atoms with Crippen LogP contribution < -0.4 is 14.4 Å². The molecular weight excluding hydrogens is 573 g/mol. The molecule has 1 N–H and O–H groups in total. The zero-order valence-corrected chi connectivity index (χ0v) is 25.3. The molecule has 40 heavy (non-hydrogen) atoms. The fraction of sp³-hybridized carbons (Fsp3) is 0.310. The lowest BCUT2D eigenvalue weighted by Crippen LogP contribution is -2.52. The van der Waals surface area contributed by atoms with E-state index >= 15 is 0 Å². The average molecular weight is 607 g/mol. The molecule has 0 aliphatic carbocycles. The molecule has 0 bridgehead atoms.